The number of carbonyl (C=O) groups is 1. The second-order valence-corrected chi connectivity index (χ2v) is 3.89. The van der Waals surface area contributed by atoms with Crippen LogP contribution in [0.25, 0.3) is 10.4 Å². The molecular formula is C11H10F3N3O3. The third-order valence-corrected chi connectivity index (χ3v) is 2.53. The van der Waals surface area contributed by atoms with Crippen molar-refractivity contribution < 1.29 is 28.2 Å². The van der Waals surface area contributed by atoms with E-state index in [9.17, 15) is 28.2 Å². The van der Waals surface area contributed by atoms with E-state index < -0.39 is 36.1 Å². The number of carbonyl (C=O) groups excluding carboxylic acids is 1. The molecule has 0 saturated heterocycles. The number of hydrogen-bond donors (Lipinski definition) is 2. The molecule has 6 nitrogen and oxygen atoms in total. The first-order valence-electron chi connectivity index (χ1n) is 5.34. The minimum Gasteiger partial charge on any atom is -0.390 e. The Hall–Kier alpha value is -2.09. The third-order valence-electron chi connectivity index (χ3n) is 2.53. The molecule has 0 bridgehead atoms. The van der Waals surface area contributed by atoms with Crippen LogP contribution in [-0.4, -0.2) is 29.1 Å². The first kappa shape index (κ1) is 16.0. The van der Waals surface area contributed by atoms with Gasteiger partial charge in [-0.2, -0.15) is 13.2 Å². The fourth-order valence-corrected chi connectivity index (χ4v) is 1.58. The maximum absolute atomic E-state index is 12.8. The molecule has 1 rings (SSSR count). The molecule has 2 atom stereocenters. The number of aldehydes is 1. The summed E-state index contributed by atoms with van der Waals surface area (Å²) in [4.78, 5) is 12.8. The highest BCUT2D eigenvalue weighted by Gasteiger charge is 2.36. The van der Waals surface area contributed by atoms with Crippen LogP contribution < -0.4 is 0 Å². The number of benzene rings is 1. The van der Waals surface area contributed by atoms with Crippen molar-refractivity contribution in [2.75, 3.05) is 6.54 Å². The van der Waals surface area contributed by atoms with Crippen LogP contribution in [0.15, 0.2) is 23.3 Å². The predicted molar refractivity (Wildman–Crippen MR) is 61.8 cm³/mol. The van der Waals surface area contributed by atoms with Crippen LogP contribution in [0.5, 0.6) is 0 Å². The molecule has 0 aliphatic rings. The van der Waals surface area contributed by atoms with Crippen LogP contribution in [0.2, 0.25) is 0 Å². The summed E-state index contributed by atoms with van der Waals surface area (Å²) in [5.41, 5.74) is 6.04. The van der Waals surface area contributed by atoms with Gasteiger partial charge < -0.3 is 10.2 Å². The Labute approximate surface area is 111 Å². The summed E-state index contributed by atoms with van der Waals surface area (Å²) in [6, 6.07) is 2.56. The van der Waals surface area contributed by atoms with Gasteiger partial charge in [0.05, 0.1) is 18.2 Å². The maximum Gasteiger partial charge on any atom is 0.416 e. The van der Waals surface area contributed by atoms with Crippen molar-refractivity contribution in [3.05, 3.63) is 45.3 Å². The number of aliphatic hydroxyl groups excluding tert-OH is 2. The molecule has 108 valence electrons. The predicted octanol–water partition coefficient (Wildman–Crippen LogP) is 2.22. The number of halogens is 3. The van der Waals surface area contributed by atoms with E-state index in [0.29, 0.717) is 6.07 Å². The van der Waals surface area contributed by atoms with Gasteiger partial charge in [0.15, 0.2) is 0 Å². The quantitative estimate of drug-likeness (QED) is 0.375. The van der Waals surface area contributed by atoms with Crippen LogP contribution in [0, 0.1) is 0 Å². The maximum atomic E-state index is 12.8. The number of nitrogens with zero attached hydrogens (tertiary/aromatic N) is 3. The van der Waals surface area contributed by atoms with Gasteiger partial charge in [-0.15, -0.1) is 0 Å². The molecule has 0 aliphatic carbocycles. The lowest BCUT2D eigenvalue weighted by Gasteiger charge is -2.21. The van der Waals surface area contributed by atoms with E-state index in [1.807, 2.05) is 0 Å². The molecule has 2 unspecified atom stereocenters. The zero-order valence-corrected chi connectivity index (χ0v) is 9.95. The molecule has 0 saturated carbocycles. The topological polar surface area (TPSA) is 106 Å². The van der Waals surface area contributed by atoms with Gasteiger partial charge in [-0.25, -0.2) is 0 Å². The van der Waals surface area contributed by atoms with Crippen molar-refractivity contribution in [3.63, 3.8) is 0 Å². The first-order valence-corrected chi connectivity index (χ1v) is 5.34. The lowest BCUT2D eigenvalue weighted by molar-refractivity contribution is -0.139. The zero-order chi connectivity index (χ0) is 15.3. The van der Waals surface area contributed by atoms with Crippen LogP contribution in [-0.2, 0) is 6.18 Å². The lowest BCUT2D eigenvalue weighted by atomic mass is 9.96. The Balaban J connectivity index is 3.22. The summed E-state index contributed by atoms with van der Waals surface area (Å²) in [5, 5.41) is 22.1. The second-order valence-electron chi connectivity index (χ2n) is 3.89. The lowest BCUT2D eigenvalue weighted by Crippen LogP contribution is -2.24. The van der Waals surface area contributed by atoms with E-state index in [-0.39, 0.29) is 11.8 Å². The number of rotatable bonds is 5. The second kappa shape index (κ2) is 6.38. The molecule has 0 aliphatic heterocycles. The number of azide groups is 1. The highest BCUT2D eigenvalue weighted by molar-refractivity contribution is 5.75. The normalized spacial score (nSPS) is 14.2. The molecule has 0 aromatic heterocycles. The smallest absolute Gasteiger partial charge is 0.390 e. The van der Waals surface area contributed by atoms with Crippen molar-refractivity contribution in [1.29, 1.82) is 0 Å². The van der Waals surface area contributed by atoms with Crippen molar-refractivity contribution in [2.45, 2.75) is 18.4 Å². The highest BCUT2D eigenvalue weighted by Crippen LogP contribution is 2.36. The van der Waals surface area contributed by atoms with Gasteiger partial charge in [0.2, 0.25) is 0 Å². The Morgan fingerprint density at radius 2 is 2.05 bits per heavy atom. The number of hydrogen-bond acceptors (Lipinski definition) is 4. The summed E-state index contributed by atoms with van der Waals surface area (Å²) < 4.78 is 38.5. The third kappa shape index (κ3) is 3.70. The van der Waals surface area contributed by atoms with Crippen LogP contribution in [0.1, 0.15) is 27.6 Å². The monoisotopic (exact) mass is 289 g/mol. The minimum atomic E-state index is -4.80. The van der Waals surface area contributed by atoms with Crippen molar-refractivity contribution in [2.24, 2.45) is 5.11 Å². The molecule has 0 fully saturated rings. The average molecular weight is 289 g/mol. The highest BCUT2D eigenvalue weighted by atomic mass is 19.4. The molecule has 1 aromatic carbocycles. The van der Waals surface area contributed by atoms with Gasteiger partial charge in [0.25, 0.3) is 0 Å². The summed E-state index contributed by atoms with van der Waals surface area (Å²) in [7, 11) is 0. The van der Waals surface area contributed by atoms with Crippen LogP contribution in [0.4, 0.5) is 13.2 Å². The van der Waals surface area contributed by atoms with Gasteiger partial charge >= 0.3 is 6.18 Å². The van der Waals surface area contributed by atoms with Crippen molar-refractivity contribution in [3.8, 4) is 0 Å². The van der Waals surface area contributed by atoms with E-state index in [1.54, 1.807) is 0 Å². The van der Waals surface area contributed by atoms with E-state index in [4.69, 9.17) is 5.53 Å². The van der Waals surface area contributed by atoms with Crippen LogP contribution in [0.3, 0.4) is 0 Å². The molecular weight excluding hydrogens is 279 g/mol. The van der Waals surface area contributed by atoms with Gasteiger partial charge in [-0.1, -0.05) is 17.2 Å². The summed E-state index contributed by atoms with van der Waals surface area (Å²) in [6.45, 7) is -0.579. The van der Waals surface area contributed by atoms with E-state index in [1.165, 1.54) is 0 Å². The van der Waals surface area contributed by atoms with Gasteiger partial charge in [0, 0.05) is 10.5 Å². The zero-order valence-electron chi connectivity index (χ0n) is 9.95. The SMILES string of the molecule is [N-]=[N+]=NCC(O)C(O)c1ccc(C=O)cc1C(F)(F)F. The fraction of sp³-hybridized carbons (Fsp3) is 0.364. The van der Waals surface area contributed by atoms with E-state index in [2.05, 4.69) is 10.0 Å². The molecule has 2 N–H and O–H groups in total. The Kier molecular flexibility index (Phi) is 5.09. The summed E-state index contributed by atoms with van der Waals surface area (Å²) in [6.07, 6.45) is -8.14. The molecule has 9 heteroatoms. The van der Waals surface area contributed by atoms with E-state index >= 15 is 0 Å². The van der Waals surface area contributed by atoms with Crippen molar-refractivity contribution in [1.82, 2.24) is 0 Å². The average Bonchev–Trinajstić information content (AvgIpc) is 2.42. The number of alkyl halides is 3. The standard InChI is InChI=1S/C11H10F3N3O3/c12-11(13,14)8-3-6(5-18)1-2-7(8)10(20)9(19)4-16-17-15/h1-3,5,9-10,19-20H,4H2. The van der Waals surface area contributed by atoms with Gasteiger partial charge in [-0.3, -0.25) is 4.79 Å². The first-order chi connectivity index (χ1) is 9.31. The fourth-order valence-electron chi connectivity index (χ4n) is 1.58. The molecule has 0 radical (unpaired) electrons. The summed E-state index contributed by atoms with van der Waals surface area (Å²) in [5.74, 6) is 0. The molecule has 1 aromatic rings. The molecule has 0 spiro atoms. The molecule has 20 heavy (non-hydrogen) atoms. The number of aliphatic hydroxyl groups is 2. The Bertz CT molecular complexity index is 541. The van der Waals surface area contributed by atoms with Gasteiger partial charge in [-0.05, 0) is 17.2 Å². The largest absolute Gasteiger partial charge is 0.416 e. The van der Waals surface area contributed by atoms with Crippen molar-refractivity contribution >= 4 is 6.29 Å². The Morgan fingerprint density at radius 1 is 1.40 bits per heavy atom. The molecule has 0 heterocycles. The summed E-state index contributed by atoms with van der Waals surface area (Å²) >= 11 is 0. The minimum absolute atomic E-state index is 0.210. The van der Waals surface area contributed by atoms with Crippen LogP contribution >= 0.6 is 0 Å². The molecule has 0 amide bonds. The Morgan fingerprint density at radius 3 is 2.55 bits per heavy atom. The van der Waals surface area contributed by atoms with E-state index in [0.717, 1.165) is 12.1 Å². The van der Waals surface area contributed by atoms with Gasteiger partial charge in [0.1, 0.15) is 12.4 Å².